The number of benzene rings is 1. The number of nitrogens with one attached hydrogen (secondary N) is 1. The molecule has 1 N–H and O–H groups in total. The number of ether oxygens (including phenoxy) is 2. The monoisotopic (exact) mass is 414 g/mol. The Morgan fingerprint density at radius 1 is 1.28 bits per heavy atom. The Balaban J connectivity index is 1.67. The Bertz CT molecular complexity index is 882. The van der Waals surface area contributed by atoms with Crippen molar-refractivity contribution in [3.63, 3.8) is 0 Å². The molecule has 1 aromatic carbocycles. The van der Waals surface area contributed by atoms with Gasteiger partial charge in [0.05, 0.1) is 6.61 Å². The molecule has 0 radical (unpaired) electrons. The number of likely N-dealkylation sites (N-methyl/N-ethyl adjacent to an activating group) is 1. The van der Waals surface area contributed by atoms with E-state index in [1.54, 1.807) is 24.3 Å². The lowest BCUT2D eigenvalue weighted by atomic mass is 9.75. The molecule has 1 aromatic rings. The zero-order chi connectivity index (χ0) is 20.5. The molecular weight excluding hydrogens is 392 g/mol. The second-order valence-electron chi connectivity index (χ2n) is 7.29. The summed E-state index contributed by atoms with van der Waals surface area (Å²) in [6.07, 6.45) is 7.13. The smallest absolute Gasteiger partial charge is 0.321 e. The van der Waals surface area contributed by atoms with Gasteiger partial charge in [-0.25, -0.2) is 0 Å². The molecule has 2 amide bonds. The molecule has 2 heterocycles. The molecule has 2 aliphatic heterocycles. The number of rotatable bonds is 7. The van der Waals surface area contributed by atoms with Gasteiger partial charge in [0.2, 0.25) is 4.93 Å². The molecule has 1 aliphatic carbocycles. The van der Waals surface area contributed by atoms with Crippen molar-refractivity contribution in [2.24, 2.45) is 5.41 Å². The topological polar surface area (TPSA) is 94.9 Å². The molecule has 0 saturated carbocycles. The van der Waals surface area contributed by atoms with Crippen LogP contribution in [0.2, 0.25) is 0 Å². The van der Waals surface area contributed by atoms with Crippen molar-refractivity contribution < 1.29 is 23.9 Å². The summed E-state index contributed by atoms with van der Waals surface area (Å²) in [4.78, 5) is 38.4. The number of hydrogen-bond donors (Lipinski definition) is 1. The zero-order valence-electron chi connectivity index (χ0n) is 16.0. The second-order valence-corrected chi connectivity index (χ2v) is 8.42. The SMILES string of the molecule is CN1C(=O)SC(OC[C@H]2CN2)(C2(C(=O)OCc3ccccc3)C=CC=CC2)C1=O. The number of nitrogens with zero attached hydrogens (tertiary/aromatic N) is 1. The van der Waals surface area contributed by atoms with Gasteiger partial charge in [-0.05, 0) is 23.7 Å². The van der Waals surface area contributed by atoms with Gasteiger partial charge < -0.3 is 14.8 Å². The summed E-state index contributed by atoms with van der Waals surface area (Å²) in [5, 5.41) is 2.66. The highest BCUT2D eigenvalue weighted by atomic mass is 32.2. The van der Waals surface area contributed by atoms with Crippen molar-refractivity contribution in [3.05, 3.63) is 60.2 Å². The molecule has 7 nitrogen and oxygen atoms in total. The van der Waals surface area contributed by atoms with Crippen molar-refractivity contribution in [2.45, 2.75) is 24.0 Å². The molecule has 0 aromatic heterocycles. The predicted octanol–water partition coefficient (Wildman–Crippen LogP) is 2.24. The largest absolute Gasteiger partial charge is 0.460 e. The maximum atomic E-state index is 13.4. The molecule has 2 fully saturated rings. The quantitative estimate of drug-likeness (QED) is 0.540. The third-order valence-corrected chi connectivity index (χ3v) is 6.70. The molecule has 8 heteroatoms. The lowest BCUT2D eigenvalue weighted by Crippen LogP contribution is -2.57. The van der Waals surface area contributed by atoms with E-state index >= 15 is 0 Å². The third-order valence-electron chi connectivity index (χ3n) is 5.30. The van der Waals surface area contributed by atoms with Crippen LogP contribution in [0.1, 0.15) is 12.0 Å². The van der Waals surface area contributed by atoms with Crippen molar-refractivity contribution in [1.82, 2.24) is 10.2 Å². The van der Waals surface area contributed by atoms with Gasteiger partial charge in [-0.2, -0.15) is 0 Å². The molecule has 4 rings (SSSR count). The van der Waals surface area contributed by atoms with Crippen LogP contribution in [-0.2, 0) is 25.7 Å². The fourth-order valence-electron chi connectivity index (χ4n) is 3.46. The Kier molecular flexibility index (Phi) is 5.33. The van der Waals surface area contributed by atoms with Gasteiger partial charge in [0.1, 0.15) is 12.0 Å². The van der Waals surface area contributed by atoms with Gasteiger partial charge in [0.25, 0.3) is 11.1 Å². The molecule has 2 unspecified atom stereocenters. The third kappa shape index (κ3) is 3.52. The summed E-state index contributed by atoms with van der Waals surface area (Å²) in [5.74, 6) is -1.13. The second kappa shape index (κ2) is 7.78. The maximum Gasteiger partial charge on any atom is 0.321 e. The summed E-state index contributed by atoms with van der Waals surface area (Å²) in [6, 6.07) is 9.43. The van der Waals surface area contributed by atoms with E-state index in [-0.39, 0.29) is 25.7 Å². The van der Waals surface area contributed by atoms with Gasteiger partial charge in [-0.15, -0.1) is 0 Å². The Morgan fingerprint density at radius 3 is 2.62 bits per heavy atom. The van der Waals surface area contributed by atoms with E-state index in [0.29, 0.717) is 0 Å². The molecular formula is C21H22N2O5S. The number of thioether (sulfide) groups is 1. The first-order valence-electron chi connectivity index (χ1n) is 9.42. The normalized spacial score (nSPS) is 30.7. The van der Waals surface area contributed by atoms with Gasteiger partial charge in [-0.1, -0.05) is 54.6 Å². The van der Waals surface area contributed by atoms with Gasteiger partial charge in [-0.3, -0.25) is 19.3 Å². The standard InChI is InChI=1S/C21H22N2O5S/c1-23-17(24)21(29-19(23)26,28-14-16-12-22-16)20(10-6-3-7-11-20)18(25)27-13-15-8-4-2-5-9-15/h2-10,16,22H,11-14H2,1H3/t16-,20?,21?/m1/s1. The van der Waals surface area contributed by atoms with E-state index in [9.17, 15) is 14.4 Å². The fraction of sp³-hybridized carbons (Fsp3) is 0.381. The van der Waals surface area contributed by atoms with Crippen LogP contribution >= 0.6 is 11.8 Å². The van der Waals surface area contributed by atoms with Gasteiger partial charge in [0.15, 0.2) is 0 Å². The molecule has 2 saturated heterocycles. The lowest BCUT2D eigenvalue weighted by molar-refractivity contribution is -0.173. The van der Waals surface area contributed by atoms with E-state index in [0.717, 1.165) is 28.8 Å². The van der Waals surface area contributed by atoms with Crippen LogP contribution in [0.3, 0.4) is 0 Å². The van der Waals surface area contributed by atoms with E-state index in [1.165, 1.54) is 7.05 Å². The van der Waals surface area contributed by atoms with Gasteiger partial charge in [0, 0.05) is 19.6 Å². The minimum Gasteiger partial charge on any atom is -0.460 e. The van der Waals surface area contributed by atoms with Crippen LogP contribution in [0.5, 0.6) is 0 Å². The number of esters is 1. The molecule has 152 valence electrons. The van der Waals surface area contributed by atoms with Crippen molar-refractivity contribution >= 4 is 28.9 Å². The number of carbonyl (C=O) groups excluding carboxylic acids is 3. The molecule has 29 heavy (non-hydrogen) atoms. The average molecular weight is 414 g/mol. The number of allylic oxidation sites excluding steroid dienone is 3. The van der Waals surface area contributed by atoms with E-state index in [4.69, 9.17) is 9.47 Å². The summed E-state index contributed by atoms with van der Waals surface area (Å²) in [6.45, 7) is 1.08. The van der Waals surface area contributed by atoms with E-state index < -0.39 is 27.5 Å². The summed E-state index contributed by atoms with van der Waals surface area (Å²) in [7, 11) is 1.41. The highest BCUT2D eigenvalue weighted by Crippen LogP contribution is 2.54. The van der Waals surface area contributed by atoms with Crippen molar-refractivity contribution in [2.75, 3.05) is 20.2 Å². The molecule has 3 atom stereocenters. The Labute approximate surface area is 173 Å². The minimum absolute atomic E-state index is 0.0713. The Morgan fingerprint density at radius 2 is 2.03 bits per heavy atom. The van der Waals surface area contributed by atoms with Crippen LogP contribution in [-0.4, -0.2) is 53.2 Å². The van der Waals surface area contributed by atoms with Crippen LogP contribution < -0.4 is 5.32 Å². The highest BCUT2D eigenvalue weighted by molar-refractivity contribution is 8.16. The molecule has 0 bridgehead atoms. The van der Waals surface area contributed by atoms with E-state index in [2.05, 4.69) is 5.32 Å². The number of amides is 2. The first-order valence-corrected chi connectivity index (χ1v) is 10.2. The fourth-order valence-corrected chi connectivity index (χ4v) is 4.70. The number of hydrogen-bond acceptors (Lipinski definition) is 7. The van der Waals surface area contributed by atoms with Crippen LogP contribution in [0.4, 0.5) is 4.79 Å². The van der Waals surface area contributed by atoms with Crippen molar-refractivity contribution in [1.29, 1.82) is 0 Å². The minimum atomic E-state index is -1.70. The van der Waals surface area contributed by atoms with Crippen LogP contribution in [0.15, 0.2) is 54.6 Å². The lowest BCUT2D eigenvalue weighted by Gasteiger charge is -2.41. The zero-order valence-corrected chi connectivity index (χ0v) is 16.8. The highest BCUT2D eigenvalue weighted by Gasteiger charge is 2.68. The van der Waals surface area contributed by atoms with Gasteiger partial charge >= 0.3 is 5.97 Å². The summed E-state index contributed by atoms with van der Waals surface area (Å²) >= 11 is 0.756. The summed E-state index contributed by atoms with van der Waals surface area (Å²) < 4.78 is 11.7. The summed E-state index contributed by atoms with van der Waals surface area (Å²) in [5.41, 5.74) is -0.602. The maximum absolute atomic E-state index is 13.4. The predicted molar refractivity (Wildman–Crippen MR) is 108 cm³/mol. The number of imide groups is 1. The average Bonchev–Trinajstić information content (AvgIpc) is 3.56. The Hall–Kier alpha value is -2.42. The number of carbonyl (C=O) groups is 3. The first-order chi connectivity index (χ1) is 14.0. The molecule has 3 aliphatic rings. The van der Waals surface area contributed by atoms with Crippen LogP contribution in [0, 0.1) is 5.41 Å². The van der Waals surface area contributed by atoms with Crippen molar-refractivity contribution in [3.8, 4) is 0 Å². The van der Waals surface area contributed by atoms with E-state index in [1.807, 2.05) is 30.3 Å². The molecule has 0 spiro atoms. The van der Waals surface area contributed by atoms with Crippen LogP contribution in [0.25, 0.3) is 0 Å². The first kappa shape index (κ1) is 19.9.